The third-order valence-electron chi connectivity index (χ3n) is 6.01. The summed E-state index contributed by atoms with van der Waals surface area (Å²) in [6.45, 7) is 4.27. The molecule has 1 N–H and O–H groups in total. The van der Waals surface area contributed by atoms with Crippen molar-refractivity contribution in [1.29, 1.82) is 0 Å². The van der Waals surface area contributed by atoms with E-state index >= 15 is 0 Å². The van der Waals surface area contributed by atoms with Gasteiger partial charge >= 0.3 is 11.9 Å². The number of esters is 1. The SMILES string of the molecule is CC/C=C\C/C=C\C/C=C\C/C=C\C/C=C\CC(=O)OC(/C=C\C/C=C\C/C=C\C/C=C\CC)CCCCCC(=O)O. The van der Waals surface area contributed by atoms with Gasteiger partial charge in [0.05, 0.1) is 6.42 Å². The smallest absolute Gasteiger partial charge is 0.310 e. The first kappa shape index (κ1) is 38.6. The molecule has 0 aliphatic heterocycles. The molecule has 0 saturated heterocycles. The van der Waals surface area contributed by atoms with Gasteiger partial charge in [-0.1, -0.05) is 124 Å². The van der Waals surface area contributed by atoms with E-state index in [-0.39, 0.29) is 24.9 Å². The molecule has 4 nitrogen and oxygen atoms in total. The molecule has 0 saturated carbocycles. The number of rotatable bonds is 26. The van der Waals surface area contributed by atoms with E-state index in [9.17, 15) is 9.59 Å². The summed E-state index contributed by atoms with van der Waals surface area (Å²) in [5.41, 5.74) is 0. The number of carbonyl (C=O) groups is 2. The summed E-state index contributed by atoms with van der Waals surface area (Å²) in [6, 6.07) is 0. The van der Waals surface area contributed by atoms with Crippen molar-refractivity contribution in [2.24, 2.45) is 0 Å². The first-order valence-electron chi connectivity index (χ1n) is 15.9. The average molecular weight is 577 g/mol. The van der Waals surface area contributed by atoms with E-state index in [4.69, 9.17) is 9.84 Å². The second kappa shape index (κ2) is 32.1. The molecule has 0 aromatic heterocycles. The molecule has 0 heterocycles. The fourth-order valence-electron chi connectivity index (χ4n) is 3.75. The van der Waals surface area contributed by atoms with Crippen molar-refractivity contribution in [2.45, 2.75) is 116 Å². The number of aliphatic carboxylic acids is 1. The molecule has 1 atom stereocenters. The molecule has 232 valence electrons. The van der Waals surface area contributed by atoms with Gasteiger partial charge in [0.25, 0.3) is 0 Å². The Balaban J connectivity index is 4.41. The van der Waals surface area contributed by atoms with E-state index in [1.165, 1.54) is 0 Å². The Morgan fingerprint density at radius 2 is 0.952 bits per heavy atom. The van der Waals surface area contributed by atoms with Crippen LogP contribution in [0.2, 0.25) is 0 Å². The van der Waals surface area contributed by atoms with Crippen LogP contribution >= 0.6 is 0 Å². The normalized spacial score (nSPS) is 13.8. The van der Waals surface area contributed by atoms with Crippen LogP contribution in [0, 0.1) is 0 Å². The van der Waals surface area contributed by atoms with Gasteiger partial charge in [-0.3, -0.25) is 9.59 Å². The topological polar surface area (TPSA) is 63.6 Å². The number of ether oxygens (including phenoxy) is 1. The molecule has 0 radical (unpaired) electrons. The van der Waals surface area contributed by atoms with Gasteiger partial charge < -0.3 is 9.84 Å². The van der Waals surface area contributed by atoms with Gasteiger partial charge in [-0.15, -0.1) is 0 Å². The third-order valence-corrected chi connectivity index (χ3v) is 6.01. The van der Waals surface area contributed by atoms with Crippen LogP contribution in [-0.2, 0) is 14.3 Å². The van der Waals surface area contributed by atoms with Gasteiger partial charge in [-0.25, -0.2) is 0 Å². The van der Waals surface area contributed by atoms with Crippen molar-refractivity contribution < 1.29 is 19.4 Å². The molecule has 0 aliphatic carbocycles. The summed E-state index contributed by atoms with van der Waals surface area (Å²) in [5, 5.41) is 8.83. The number of carboxylic acid groups (broad SMARTS) is 1. The monoisotopic (exact) mass is 576 g/mol. The molecule has 42 heavy (non-hydrogen) atoms. The van der Waals surface area contributed by atoms with Gasteiger partial charge in [0.2, 0.25) is 0 Å². The van der Waals surface area contributed by atoms with Crippen LogP contribution in [0.4, 0.5) is 0 Å². The molecule has 0 spiro atoms. The Labute approximate surface area is 256 Å². The van der Waals surface area contributed by atoms with Crippen LogP contribution in [0.5, 0.6) is 0 Å². The lowest BCUT2D eigenvalue weighted by atomic mass is 10.1. The number of carbonyl (C=O) groups excluding carboxylic acids is 1. The van der Waals surface area contributed by atoms with Crippen molar-refractivity contribution in [1.82, 2.24) is 0 Å². The quantitative estimate of drug-likeness (QED) is 0.0632. The number of allylic oxidation sites excluding steroid dienone is 16. The minimum Gasteiger partial charge on any atom is -0.481 e. The number of hydrogen-bond acceptors (Lipinski definition) is 3. The van der Waals surface area contributed by atoms with Gasteiger partial charge in [-0.05, 0) is 83.1 Å². The summed E-state index contributed by atoms with van der Waals surface area (Å²) in [4.78, 5) is 23.2. The molecule has 4 heteroatoms. The Morgan fingerprint density at radius 1 is 0.548 bits per heavy atom. The van der Waals surface area contributed by atoms with Crippen molar-refractivity contribution in [3.05, 3.63) is 109 Å². The van der Waals surface area contributed by atoms with Crippen molar-refractivity contribution in [3.63, 3.8) is 0 Å². The molecule has 0 amide bonds. The van der Waals surface area contributed by atoms with Crippen LogP contribution in [-0.4, -0.2) is 23.1 Å². The van der Waals surface area contributed by atoms with Crippen LogP contribution in [0.15, 0.2) is 109 Å². The van der Waals surface area contributed by atoms with Crippen LogP contribution in [0.1, 0.15) is 110 Å². The maximum absolute atomic E-state index is 12.4. The van der Waals surface area contributed by atoms with E-state index in [1.54, 1.807) is 0 Å². The minimum atomic E-state index is -0.769. The first-order valence-corrected chi connectivity index (χ1v) is 15.9. The van der Waals surface area contributed by atoms with E-state index in [2.05, 4.69) is 98.9 Å². The summed E-state index contributed by atoms with van der Waals surface area (Å²) in [7, 11) is 0. The summed E-state index contributed by atoms with van der Waals surface area (Å²) in [6.07, 6.45) is 49.7. The van der Waals surface area contributed by atoms with Gasteiger partial charge in [0, 0.05) is 6.42 Å². The molecule has 0 aromatic carbocycles. The zero-order valence-electron chi connectivity index (χ0n) is 26.2. The molecular formula is C38H56O4. The second-order valence-electron chi connectivity index (χ2n) is 9.89. The highest BCUT2D eigenvalue weighted by atomic mass is 16.5. The zero-order valence-corrected chi connectivity index (χ0v) is 26.2. The van der Waals surface area contributed by atoms with Gasteiger partial charge in [0.1, 0.15) is 6.10 Å². The van der Waals surface area contributed by atoms with E-state index in [0.29, 0.717) is 12.8 Å². The lowest BCUT2D eigenvalue weighted by Crippen LogP contribution is -2.15. The highest BCUT2D eigenvalue weighted by Gasteiger charge is 2.10. The van der Waals surface area contributed by atoms with E-state index < -0.39 is 5.97 Å². The molecular weight excluding hydrogens is 520 g/mol. The molecule has 0 aliphatic rings. The van der Waals surface area contributed by atoms with Gasteiger partial charge in [-0.2, -0.15) is 0 Å². The van der Waals surface area contributed by atoms with Crippen molar-refractivity contribution in [3.8, 4) is 0 Å². The van der Waals surface area contributed by atoms with E-state index in [0.717, 1.165) is 70.6 Å². The maximum Gasteiger partial charge on any atom is 0.310 e. The van der Waals surface area contributed by atoms with Crippen LogP contribution < -0.4 is 0 Å². The van der Waals surface area contributed by atoms with Crippen LogP contribution in [0.25, 0.3) is 0 Å². The fourth-order valence-corrected chi connectivity index (χ4v) is 3.75. The highest BCUT2D eigenvalue weighted by Crippen LogP contribution is 2.12. The summed E-state index contributed by atoms with van der Waals surface area (Å²) < 4.78 is 5.72. The average Bonchev–Trinajstić information content (AvgIpc) is 2.97. The first-order chi connectivity index (χ1) is 20.6. The summed E-state index contributed by atoms with van der Waals surface area (Å²) in [5.74, 6) is -1.01. The maximum atomic E-state index is 12.4. The Morgan fingerprint density at radius 3 is 1.38 bits per heavy atom. The van der Waals surface area contributed by atoms with Crippen molar-refractivity contribution in [2.75, 3.05) is 0 Å². The summed E-state index contributed by atoms with van der Waals surface area (Å²) >= 11 is 0. The minimum absolute atomic E-state index is 0.179. The fraction of sp³-hybridized carbons (Fsp3) is 0.474. The van der Waals surface area contributed by atoms with Crippen molar-refractivity contribution >= 4 is 11.9 Å². The standard InChI is InChI=1S/C38H56O4/c1-3-5-7-9-11-13-15-16-17-18-20-22-24-26-31-35-38(41)42-36(33-29-27-30-34-37(39)40)32-28-25-23-21-19-14-12-10-8-6-4-2/h5-8,11-14,16-17,20-23,26,28,31-32,36H,3-4,9-10,15,18-19,24-25,27,29-30,33-35H2,1-2H3,(H,39,40)/b7-5-,8-6-,13-11-,14-12-,17-16-,22-20-,23-21-,31-26-,32-28-. The second-order valence-corrected chi connectivity index (χ2v) is 9.89. The number of unbranched alkanes of at least 4 members (excludes halogenated alkanes) is 2. The predicted octanol–water partition coefficient (Wildman–Crippen LogP) is 10.9. The highest BCUT2D eigenvalue weighted by molar-refractivity contribution is 5.71. The molecule has 0 aromatic rings. The molecule has 0 rings (SSSR count). The molecule has 0 bridgehead atoms. The number of carboxylic acids is 1. The van der Waals surface area contributed by atoms with Gasteiger partial charge in [0.15, 0.2) is 0 Å². The lowest BCUT2D eigenvalue weighted by Gasteiger charge is -2.14. The zero-order chi connectivity index (χ0) is 30.8. The third kappa shape index (κ3) is 31.1. The van der Waals surface area contributed by atoms with E-state index in [1.807, 2.05) is 24.3 Å². The van der Waals surface area contributed by atoms with Crippen LogP contribution in [0.3, 0.4) is 0 Å². The number of hydrogen-bond donors (Lipinski definition) is 1. The Bertz CT molecular complexity index is 925. The lowest BCUT2D eigenvalue weighted by molar-refractivity contribution is -0.146. The Hall–Kier alpha value is -3.40. The largest absolute Gasteiger partial charge is 0.481 e. The molecule has 1 unspecified atom stereocenters. The Kier molecular flexibility index (Phi) is 29.5. The molecule has 0 fully saturated rings. The predicted molar refractivity (Wildman–Crippen MR) is 180 cm³/mol.